The minimum atomic E-state index is -4.70. The SMILES string of the molecule is CCC(Nc1cc(F)c(C(=O)NC(Cc2ccc(-c3c(C)n(C)c(=O)n(C)c3=O)c3ncccc23)C(=O)O)c(F)c1)C(F)(F)F. The number of rotatable bonds is 9. The first-order valence-corrected chi connectivity index (χ1v) is 13.6. The van der Waals surface area contributed by atoms with Crippen molar-refractivity contribution in [1.29, 1.82) is 0 Å². The predicted molar refractivity (Wildman–Crippen MR) is 155 cm³/mol. The van der Waals surface area contributed by atoms with Crippen molar-refractivity contribution in [2.24, 2.45) is 14.1 Å². The summed E-state index contributed by atoms with van der Waals surface area (Å²) >= 11 is 0. The van der Waals surface area contributed by atoms with Gasteiger partial charge in [0.25, 0.3) is 11.5 Å². The number of hydrogen-bond acceptors (Lipinski definition) is 6. The van der Waals surface area contributed by atoms with Gasteiger partial charge in [-0.25, -0.2) is 18.4 Å². The van der Waals surface area contributed by atoms with Crippen LogP contribution in [0.3, 0.4) is 0 Å². The average molecular weight is 634 g/mol. The molecule has 0 saturated heterocycles. The quantitative estimate of drug-likeness (QED) is 0.237. The van der Waals surface area contributed by atoms with Crippen molar-refractivity contribution in [2.45, 2.75) is 44.9 Å². The lowest BCUT2D eigenvalue weighted by molar-refractivity contribution is -0.143. The first-order chi connectivity index (χ1) is 21.1. The number of benzene rings is 2. The second-order valence-electron chi connectivity index (χ2n) is 10.4. The molecule has 1 amide bonds. The molecule has 0 aliphatic carbocycles. The minimum Gasteiger partial charge on any atom is -0.480 e. The number of nitrogens with one attached hydrogen (secondary N) is 2. The Morgan fingerprint density at radius 2 is 1.69 bits per heavy atom. The summed E-state index contributed by atoms with van der Waals surface area (Å²) in [7, 11) is 2.84. The van der Waals surface area contributed by atoms with Gasteiger partial charge in [-0.2, -0.15) is 13.2 Å². The summed E-state index contributed by atoms with van der Waals surface area (Å²) in [6.45, 7) is 2.82. The predicted octanol–water partition coefficient (Wildman–Crippen LogP) is 4.06. The number of carbonyl (C=O) groups is 2. The first kappa shape index (κ1) is 32.8. The fourth-order valence-corrected chi connectivity index (χ4v) is 5.01. The van der Waals surface area contributed by atoms with E-state index < -0.39 is 70.7 Å². The Hall–Kier alpha value is -5.08. The summed E-state index contributed by atoms with van der Waals surface area (Å²) in [6.07, 6.45) is -4.05. The molecule has 0 bridgehead atoms. The molecular weight excluding hydrogens is 605 g/mol. The molecule has 2 unspecified atom stereocenters. The van der Waals surface area contributed by atoms with Crippen molar-refractivity contribution in [3.8, 4) is 11.1 Å². The maximum Gasteiger partial charge on any atom is 0.408 e. The normalized spacial score (nSPS) is 13.0. The van der Waals surface area contributed by atoms with Gasteiger partial charge >= 0.3 is 17.8 Å². The summed E-state index contributed by atoms with van der Waals surface area (Å²) in [5, 5.41) is 14.3. The molecule has 15 heteroatoms. The van der Waals surface area contributed by atoms with Crippen LogP contribution in [0, 0.1) is 18.6 Å². The maximum absolute atomic E-state index is 14.8. The Bertz CT molecular complexity index is 1910. The van der Waals surface area contributed by atoms with E-state index in [2.05, 4.69) is 10.3 Å². The third-order valence-corrected chi connectivity index (χ3v) is 7.53. The van der Waals surface area contributed by atoms with Crippen LogP contribution < -0.4 is 21.9 Å². The molecule has 0 spiro atoms. The first-order valence-electron chi connectivity index (χ1n) is 13.6. The van der Waals surface area contributed by atoms with Crippen LogP contribution >= 0.6 is 0 Å². The molecule has 0 fully saturated rings. The van der Waals surface area contributed by atoms with E-state index in [9.17, 15) is 46.2 Å². The smallest absolute Gasteiger partial charge is 0.408 e. The Morgan fingerprint density at radius 3 is 2.27 bits per heavy atom. The molecule has 2 aromatic carbocycles. The summed E-state index contributed by atoms with van der Waals surface area (Å²) in [6, 6.07) is 3.45. The van der Waals surface area contributed by atoms with E-state index in [1.165, 1.54) is 43.9 Å². The van der Waals surface area contributed by atoms with E-state index in [1.807, 2.05) is 5.32 Å². The van der Waals surface area contributed by atoms with Crippen molar-refractivity contribution in [3.63, 3.8) is 0 Å². The topological polar surface area (TPSA) is 135 Å². The van der Waals surface area contributed by atoms with Crippen LogP contribution in [0.1, 0.15) is 35.0 Å². The van der Waals surface area contributed by atoms with Gasteiger partial charge in [0.05, 0.1) is 11.1 Å². The fraction of sp³-hybridized carbons (Fsp3) is 0.300. The zero-order valence-corrected chi connectivity index (χ0v) is 24.4. The lowest BCUT2D eigenvalue weighted by Crippen LogP contribution is -2.43. The number of fused-ring (bicyclic) bond motifs is 1. The summed E-state index contributed by atoms with van der Waals surface area (Å²) < 4.78 is 71.2. The number of hydrogen-bond donors (Lipinski definition) is 3. The number of carboxylic acid groups (broad SMARTS) is 1. The van der Waals surface area contributed by atoms with Gasteiger partial charge in [-0.05, 0) is 37.1 Å². The van der Waals surface area contributed by atoms with Crippen LogP contribution in [0.5, 0.6) is 0 Å². The zero-order valence-electron chi connectivity index (χ0n) is 24.4. The molecule has 4 aromatic rings. The maximum atomic E-state index is 14.8. The fourth-order valence-electron chi connectivity index (χ4n) is 5.01. The summed E-state index contributed by atoms with van der Waals surface area (Å²) in [5.41, 5.74) is -1.23. The number of amides is 1. The van der Waals surface area contributed by atoms with E-state index in [0.29, 0.717) is 39.9 Å². The highest BCUT2D eigenvalue weighted by Gasteiger charge is 2.38. The number of halogens is 5. The molecule has 4 rings (SSSR count). The van der Waals surface area contributed by atoms with Gasteiger partial charge in [0.1, 0.15) is 29.3 Å². The van der Waals surface area contributed by atoms with Crippen LogP contribution in [-0.4, -0.2) is 49.4 Å². The van der Waals surface area contributed by atoms with Crippen LogP contribution in [0.15, 0.2) is 52.2 Å². The number of anilines is 1. The number of alkyl halides is 3. The van der Waals surface area contributed by atoms with Gasteiger partial charge in [0, 0.05) is 49.0 Å². The summed E-state index contributed by atoms with van der Waals surface area (Å²) in [5.74, 6) is -5.97. The van der Waals surface area contributed by atoms with Crippen LogP contribution in [0.4, 0.5) is 27.6 Å². The highest BCUT2D eigenvalue weighted by molar-refractivity contribution is 5.98. The van der Waals surface area contributed by atoms with Gasteiger partial charge in [-0.3, -0.25) is 19.1 Å². The molecule has 10 nitrogen and oxygen atoms in total. The molecule has 2 heterocycles. The molecule has 0 aliphatic heterocycles. The number of carboxylic acids is 1. The molecule has 3 N–H and O–H groups in total. The lowest BCUT2D eigenvalue weighted by atomic mass is 9.95. The second kappa shape index (κ2) is 12.5. The molecule has 2 atom stereocenters. The summed E-state index contributed by atoms with van der Waals surface area (Å²) in [4.78, 5) is 54.9. The van der Waals surface area contributed by atoms with Crippen molar-refractivity contribution < 1.29 is 36.6 Å². The molecule has 0 saturated carbocycles. The highest BCUT2D eigenvalue weighted by Crippen LogP contribution is 2.30. The third-order valence-electron chi connectivity index (χ3n) is 7.53. The van der Waals surface area contributed by atoms with Crippen molar-refractivity contribution in [2.75, 3.05) is 5.32 Å². The Labute approximate surface area is 252 Å². The minimum absolute atomic E-state index is 0.197. The van der Waals surface area contributed by atoms with E-state index in [-0.39, 0.29) is 12.0 Å². The highest BCUT2D eigenvalue weighted by atomic mass is 19.4. The molecular formula is C30H28F5N5O5. The molecule has 45 heavy (non-hydrogen) atoms. The van der Waals surface area contributed by atoms with Crippen LogP contribution in [-0.2, 0) is 25.3 Å². The molecule has 238 valence electrons. The lowest BCUT2D eigenvalue weighted by Gasteiger charge is -2.22. The average Bonchev–Trinajstić information content (AvgIpc) is 2.97. The van der Waals surface area contributed by atoms with E-state index >= 15 is 0 Å². The number of aliphatic carboxylic acids is 1. The van der Waals surface area contributed by atoms with Gasteiger partial charge in [0.2, 0.25) is 0 Å². The van der Waals surface area contributed by atoms with Crippen molar-refractivity contribution >= 4 is 28.5 Å². The van der Waals surface area contributed by atoms with Gasteiger partial charge in [0.15, 0.2) is 0 Å². The standard InChI is InChI=1S/C30H28F5N5O5/c1-5-22(30(33,34)35)37-16-12-19(31)24(20(32)13-16)26(41)38-21(28(43)44)11-15-8-9-18(25-17(15)7-6-10-36-25)23-14(2)39(3)29(45)40(4)27(23)42/h6-10,12-13,21-22,37H,5,11H2,1-4H3,(H,38,41)(H,43,44). The number of aromatic nitrogens is 3. The molecule has 0 aliphatic rings. The Kier molecular flexibility index (Phi) is 9.12. The van der Waals surface area contributed by atoms with Crippen LogP contribution in [0.25, 0.3) is 22.0 Å². The van der Waals surface area contributed by atoms with Crippen molar-refractivity contribution in [3.05, 3.63) is 91.9 Å². The Morgan fingerprint density at radius 1 is 1.04 bits per heavy atom. The molecule has 0 radical (unpaired) electrons. The monoisotopic (exact) mass is 633 g/mol. The van der Waals surface area contributed by atoms with E-state index in [4.69, 9.17) is 0 Å². The zero-order chi connectivity index (χ0) is 33.4. The molecule has 2 aromatic heterocycles. The number of carbonyl (C=O) groups excluding carboxylic acids is 1. The van der Waals surface area contributed by atoms with E-state index in [0.717, 1.165) is 4.57 Å². The number of nitrogens with zero attached hydrogens (tertiary/aromatic N) is 3. The van der Waals surface area contributed by atoms with Crippen LogP contribution in [0.2, 0.25) is 0 Å². The number of pyridine rings is 1. The van der Waals surface area contributed by atoms with E-state index in [1.54, 1.807) is 19.1 Å². The largest absolute Gasteiger partial charge is 0.480 e. The van der Waals surface area contributed by atoms with Gasteiger partial charge < -0.3 is 20.3 Å². The van der Waals surface area contributed by atoms with Gasteiger partial charge in [-0.15, -0.1) is 0 Å². The third kappa shape index (κ3) is 6.42. The van der Waals surface area contributed by atoms with Gasteiger partial charge in [-0.1, -0.05) is 25.1 Å². The van der Waals surface area contributed by atoms with Crippen molar-refractivity contribution in [1.82, 2.24) is 19.4 Å². The second-order valence-corrected chi connectivity index (χ2v) is 10.4. The Balaban J connectivity index is 1.68.